The van der Waals surface area contributed by atoms with Crippen LogP contribution in [-0.4, -0.2) is 25.7 Å². The summed E-state index contributed by atoms with van der Waals surface area (Å²) in [4.78, 5) is 11.8. The van der Waals surface area contributed by atoms with Crippen LogP contribution in [0.25, 0.3) is 0 Å². The molecule has 3 N–H and O–H groups in total. The van der Waals surface area contributed by atoms with E-state index in [2.05, 4.69) is 5.32 Å². The second-order valence-corrected chi connectivity index (χ2v) is 4.54. The standard InChI is InChI=1S/C14H20N2O3/c1-2-11(8-15)14(17)16-9-10-3-4-12-13(7-10)19-6-5-18-12/h3-4,7,11H,2,5-6,8-9,15H2,1H3,(H,16,17). The summed E-state index contributed by atoms with van der Waals surface area (Å²) >= 11 is 0. The number of hydrogen-bond donors (Lipinski definition) is 2. The van der Waals surface area contributed by atoms with E-state index in [4.69, 9.17) is 15.2 Å². The smallest absolute Gasteiger partial charge is 0.224 e. The summed E-state index contributed by atoms with van der Waals surface area (Å²) in [5.74, 6) is 1.38. The molecule has 0 bridgehead atoms. The van der Waals surface area contributed by atoms with Crippen molar-refractivity contribution in [3.63, 3.8) is 0 Å². The Morgan fingerprint density at radius 3 is 2.79 bits per heavy atom. The van der Waals surface area contributed by atoms with Gasteiger partial charge in [0.25, 0.3) is 0 Å². The first-order chi connectivity index (χ1) is 9.24. The fraction of sp³-hybridized carbons (Fsp3) is 0.500. The van der Waals surface area contributed by atoms with Crippen molar-refractivity contribution >= 4 is 5.91 Å². The molecule has 1 aliphatic rings. The zero-order valence-electron chi connectivity index (χ0n) is 11.1. The van der Waals surface area contributed by atoms with Crippen molar-refractivity contribution in [3.05, 3.63) is 23.8 Å². The highest BCUT2D eigenvalue weighted by Gasteiger charge is 2.15. The van der Waals surface area contributed by atoms with Crippen molar-refractivity contribution in [2.24, 2.45) is 11.7 Å². The van der Waals surface area contributed by atoms with Crippen molar-refractivity contribution in [1.29, 1.82) is 0 Å². The minimum Gasteiger partial charge on any atom is -0.486 e. The van der Waals surface area contributed by atoms with Gasteiger partial charge >= 0.3 is 0 Å². The van der Waals surface area contributed by atoms with E-state index in [9.17, 15) is 4.79 Å². The predicted molar refractivity (Wildman–Crippen MR) is 72.1 cm³/mol. The summed E-state index contributed by atoms with van der Waals surface area (Å²) < 4.78 is 11.0. The molecular weight excluding hydrogens is 244 g/mol. The molecule has 5 heteroatoms. The van der Waals surface area contributed by atoms with Crippen LogP contribution in [0, 0.1) is 5.92 Å². The number of hydrogen-bond acceptors (Lipinski definition) is 4. The molecule has 0 fully saturated rings. The third-order valence-corrected chi connectivity index (χ3v) is 3.22. The number of amides is 1. The van der Waals surface area contributed by atoms with Crippen LogP contribution in [0.5, 0.6) is 11.5 Å². The maximum atomic E-state index is 11.8. The molecular formula is C14H20N2O3. The number of benzene rings is 1. The van der Waals surface area contributed by atoms with Crippen molar-refractivity contribution < 1.29 is 14.3 Å². The van der Waals surface area contributed by atoms with E-state index in [1.807, 2.05) is 25.1 Å². The van der Waals surface area contributed by atoms with Gasteiger partial charge in [0.1, 0.15) is 13.2 Å². The number of nitrogens with two attached hydrogens (primary N) is 1. The summed E-state index contributed by atoms with van der Waals surface area (Å²) in [6, 6.07) is 5.70. The van der Waals surface area contributed by atoms with Gasteiger partial charge in [0.15, 0.2) is 11.5 Å². The molecule has 0 aliphatic carbocycles. The molecule has 1 unspecified atom stereocenters. The maximum Gasteiger partial charge on any atom is 0.224 e. The second kappa shape index (κ2) is 6.43. The van der Waals surface area contributed by atoms with E-state index in [0.717, 1.165) is 23.5 Å². The van der Waals surface area contributed by atoms with Gasteiger partial charge < -0.3 is 20.5 Å². The summed E-state index contributed by atoms with van der Waals surface area (Å²) in [6.45, 7) is 3.96. The summed E-state index contributed by atoms with van der Waals surface area (Å²) in [6.07, 6.45) is 0.753. The molecule has 0 saturated carbocycles. The number of rotatable bonds is 5. The summed E-state index contributed by atoms with van der Waals surface area (Å²) in [5.41, 5.74) is 6.54. The van der Waals surface area contributed by atoms with E-state index >= 15 is 0 Å². The van der Waals surface area contributed by atoms with Gasteiger partial charge in [-0.2, -0.15) is 0 Å². The Bertz CT molecular complexity index is 444. The van der Waals surface area contributed by atoms with Crippen LogP contribution < -0.4 is 20.5 Å². The Balaban J connectivity index is 1.94. The van der Waals surface area contributed by atoms with Crippen molar-refractivity contribution in [3.8, 4) is 11.5 Å². The molecule has 0 saturated heterocycles. The van der Waals surface area contributed by atoms with E-state index in [-0.39, 0.29) is 11.8 Å². The van der Waals surface area contributed by atoms with Gasteiger partial charge in [-0.25, -0.2) is 0 Å². The second-order valence-electron chi connectivity index (χ2n) is 4.54. The summed E-state index contributed by atoms with van der Waals surface area (Å²) in [5, 5.41) is 2.89. The van der Waals surface area contributed by atoms with Crippen LogP contribution in [0.1, 0.15) is 18.9 Å². The lowest BCUT2D eigenvalue weighted by Gasteiger charge is -2.19. The van der Waals surface area contributed by atoms with Crippen molar-refractivity contribution in [2.75, 3.05) is 19.8 Å². The van der Waals surface area contributed by atoms with Crippen LogP contribution in [0.2, 0.25) is 0 Å². The van der Waals surface area contributed by atoms with Crippen LogP contribution in [-0.2, 0) is 11.3 Å². The molecule has 1 aromatic rings. The van der Waals surface area contributed by atoms with Crippen LogP contribution >= 0.6 is 0 Å². The molecule has 1 heterocycles. The van der Waals surface area contributed by atoms with Gasteiger partial charge in [-0.05, 0) is 24.1 Å². The van der Waals surface area contributed by atoms with Gasteiger partial charge in [0, 0.05) is 19.0 Å². The Morgan fingerprint density at radius 1 is 1.37 bits per heavy atom. The zero-order chi connectivity index (χ0) is 13.7. The fourth-order valence-electron chi connectivity index (χ4n) is 1.99. The number of ether oxygens (including phenoxy) is 2. The highest BCUT2D eigenvalue weighted by atomic mass is 16.6. The lowest BCUT2D eigenvalue weighted by molar-refractivity contribution is -0.124. The van der Waals surface area contributed by atoms with E-state index in [1.165, 1.54) is 0 Å². The fourth-order valence-corrected chi connectivity index (χ4v) is 1.99. The molecule has 0 aromatic heterocycles. The Kier molecular flexibility index (Phi) is 4.63. The van der Waals surface area contributed by atoms with Crippen LogP contribution in [0.4, 0.5) is 0 Å². The highest BCUT2D eigenvalue weighted by Crippen LogP contribution is 2.30. The minimum absolute atomic E-state index is 0.000103. The quantitative estimate of drug-likeness (QED) is 0.834. The minimum atomic E-state index is -0.114. The van der Waals surface area contributed by atoms with E-state index < -0.39 is 0 Å². The molecule has 1 aliphatic heterocycles. The first kappa shape index (κ1) is 13.7. The Labute approximate surface area is 113 Å². The van der Waals surface area contributed by atoms with E-state index in [1.54, 1.807) is 0 Å². The molecule has 1 amide bonds. The van der Waals surface area contributed by atoms with E-state index in [0.29, 0.717) is 26.3 Å². The molecule has 5 nitrogen and oxygen atoms in total. The molecule has 0 radical (unpaired) electrons. The van der Waals surface area contributed by atoms with Crippen molar-refractivity contribution in [1.82, 2.24) is 5.32 Å². The zero-order valence-corrected chi connectivity index (χ0v) is 11.1. The lowest BCUT2D eigenvalue weighted by Crippen LogP contribution is -2.34. The number of carbonyl (C=O) groups is 1. The Morgan fingerprint density at radius 2 is 2.11 bits per heavy atom. The number of fused-ring (bicyclic) bond motifs is 1. The lowest BCUT2D eigenvalue weighted by atomic mass is 10.1. The topological polar surface area (TPSA) is 73.6 Å². The maximum absolute atomic E-state index is 11.8. The average Bonchev–Trinajstić information content (AvgIpc) is 2.46. The molecule has 19 heavy (non-hydrogen) atoms. The number of nitrogens with one attached hydrogen (secondary N) is 1. The third-order valence-electron chi connectivity index (χ3n) is 3.22. The molecule has 2 rings (SSSR count). The monoisotopic (exact) mass is 264 g/mol. The summed E-state index contributed by atoms with van der Waals surface area (Å²) in [7, 11) is 0. The average molecular weight is 264 g/mol. The first-order valence-corrected chi connectivity index (χ1v) is 6.61. The predicted octanol–water partition coefficient (Wildman–Crippen LogP) is 1.06. The Hall–Kier alpha value is -1.75. The third kappa shape index (κ3) is 3.38. The molecule has 0 spiro atoms. The number of carbonyl (C=O) groups excluding carboxylic acids is 1. The van der Waals surface area contributed by atoms with Gasteiger partial charge in [-0.1, -0.05) is 13.0 Å². The van der Waals surface area contributed by atoms with Gasteiger partial charge in [0.05, 0.1) is 0 Å². The molecule has 104 valence electrons. The van der Waals surface area contributed by atoms with Crippen LogP contribution in [0.15, 0.2) is 18.2 Å². The SMILES string of the molecule is CCC(CN)C(=O)NCc1ccc2c(c1)OCCO2. The normalized spacial score (nSPS) is 14.8. The molecule has 1 aromatic carbocycles. The van der Waals surface area contributed by atoms with Crippen molar-refractivity contribution in [2.45, 2.75) is 19.9 Å². The van der Waals surface area contributed by atoms with Gasteiger partial charge in [-0.3, -0.25) is 4.79 Å². The van der Waals surface area contributed by atoms with Gasteiger partial charge in [-0.15, -0.1) is 0 Å². The first-order valence-electron chi connectivity index (χ1n) is 6.61. The van der Waals surface area contributed by atoms with Crippen LogP contribution in [0.3, 0.4) is 0 Å². The van der Waals surface area contributed by atoms with Gasteiger partial charge in [0.2, 0.25) is 5.91 Å². The molecule has 1 atom stereocenters. The highest BCUT2D eigenvalue weighted by molar-refractivity contribution is 5.78. The largest absolute Gasteiger partial charge is 0.486 e.